The smallest absolute Gasteiger partial charge is 0.306 e. The summed E-state index contributed by atoms with van der Waals surface area (Å²) in [5.74, 6) is -1.97. The predicted molar refractivity (Wildman–Crippen MR) is 94.1 cm³/mol. The van der Waals surface area contributed by atoms with Crippen molar-refractivity contribution >= 4 is 46.9 Å². The molecule has 0 aromatic heterocycles. The number of benzene rings is 1. The molecule has 0 spiro atoms. The number of piperidine rings is 1. The van der Waals surface area contributed by atoms with E-state index in [4.69, 9.17) is 27.9 Å². The normalized spacial score (nSPS) is 14.9. The van der Waals surface area contributed by atoms with Crippen molar-refractivity contribution in [2.24, 2.45) is 5.92 Å². The first-order chi connectivity index (χ1) is 12.3. The molecule has 2 N–H and O–H groups in total. The second-order valence-corrected chi connectivity index (χ2v) is 7.04. The highest BCUT2D eigenvalue weighted by Crippen LogP contribution is 2.18. The lowest BCUT2D eigenvalue weighted by Crippen LogP contribution is -2.39. The molecule has 0 bridgehead atoms. The largest absolute Gasteiger partial charge is 0.461 e. The molecule has 0 saturated carbocycles. The van der Waals surface area contributed by atoms with Gasteiger partial charge in [0.05, 0.1) is 0 Å². The molecule has 1 aliphatic heterocycles. The Labute approximate surface area is 160 Å². The van der Waals surface area contributed by atoms with Crippen molar-refractivity contribution in [2.75, 3.05) is 0 Å². The van der Waals surface area contributed by atoms with Crippen LogP contribution >= 0.6 is 23.2 Å². The average molecular weight is 401 g/mol. The van der Waals surface area contributed by atoms with Gasteiger partial charge in [0.1, 0.15) is 6.61 Å². The molecule has 26 heavy (non-hydrogen) atoms. The highest BCUT2D eigenvalue weighted by Gasteiger charge is 2.27. The van der Waals surface area contributed by atoms with E-state index in [2.05, 4.69) is 10.6 Å². The molecule has 2 rings (SSSR count). The SMILES string of the molecule is O=C1CC(CC(=O)OCc2ccc(CNC(=O)C(Cl)Cl)cc2)CC(=O)N1. The van der Waals surface area contributed by atoms with Crippen molar-refractivity contribution in [3.8, 4) is 0 Å². The van der Waals surface area contributed by atoms with Gasteiger partial charge in [-0.15, -0.1) is 0 Å². The third-order valence-electron chi connectivity index (χ3n) is 3.77. The Bertz CT molecular complexity index is 675. The van der Waals surface area contributed by atoms with E-state index >= 15 is 0 Å². The quantitative estimate of drug-likeness (QED) is 0.411. The molecule has 0 unspecified atom stereocenters. The topological polar surface area (TPSA) is 102 Å². The summed E-state index contributed by atoms with van der Waals surface area (Å²) in [6.07, 6.45) is 0.320. The third kappa shape index (κ3) is 6.65. The van der Waals surface area contributed by atoms with Gasteiger partial charge in [-0.25, -0.2) is 0 Å². The predicted octanol–water partition coefficient (Wildman–Crippen LogP) is 1.59. The Morgan fingerprint density at radius 3 is 2.27 bits per heavy atom. The lowest BCUT2D eigenvalue weighted by Gasteiger charge is -2.19. The van der Waals surface area contributed by atoms with Crippen LogP contribution in [0.3, 0.4) is 0 Å². The van der Waals surface area contributed by atoms with Crippen LogP contribution in [0.1, 0.15) is 30.4 Å². The second-order valence-electron chi connectivity index (χ2n) is 5.95. The minimum atomic E-state index is -1.11. The van der Waals surface area contributed by atoms with Gasteiger partial charge in [-0.1, -0.05) is 47.5 Å². The van der Waals surface area contributed by atoms with Gasteiger partial charge in [0.15, 0.2) is 4.84 Å². The summed E-state index contributed by atoms with van der Waals surface area (Å²) >= 11 is 10.9. The zero-order valence-corrected chi connectivity index (χ0v) is 15.3. The number of hydrogen-bond donors (Lipinski definition) is 2. The van der Waals surface area contributed by atoms with Gasteiger partial charge >= 0.3 is 5.97 Å². The average Bonchev–Trinajstić information content (AvgIpc) is 2.57. The molecule has 1 saturated heterocycles. The maximum atomic E-state index is 11.9. The van der Waals surface area contributed by atoms with E-state index in [9.17, 15) is 19.2 Å². The Morgan fingerprint density at radius 2 is 1.69 bits per heavy atom. The van der Waals surface area contributed by atoms with Crippen molar-refractivity contribution < 1.29 is 23.9 Å². The molecule has 1 aromatic rings. The first kappa shape index (κ1) is 20.2. The number of ether oxygens (including phenoxy) is 1. The number of halogens is 2. The van der Waals surface area contributed by atoms with Gasteiger partial charge in [0, 0.05) is 25.8 Å². The van der Waals surface area contributed by atoms with Crippen LogP contribution in [0, 0.1) is 5.92 Å². The van der Waals surface area contributed by atoms with Crippen LogP contribution < -0.4 is 10.6 Å². The summed E-state index contributed by atoms with van der Waals surface area (Å²) < 4.78 is 5.18. The molecular weight excluding hydrogens is 383 g/mol. The zero-order valence-electron chi connectivity index (χ0n) is 13.8. The van der Waals surface area contributed by atoms with E-state index in [1.54, 1.807) is 24.3 Å². The molecule has 9 heteroatoms. The van der Waals surface area contributed by atoms with Crippen LogP contribution in [0.15, 0.2) is 24.3 Å². The highest BCUT2D eigenvalue weighted by molar-refractivity contribution is 6.53. The van der Waals surface area contributed by atoms with Crippen molar-refractivity contribution in [3.05, 3.63) is 35.4 Å². The van der Waals surface area contributed by atoms with Crippen LogP contribution in [0.2, 0.25) is 0 Å². The maximum absolute atomic E-state index is 11.9. The van der Waals surface area contributed by atoms with Crippen molar-refractivity contribution in [3.63, 3.8) is 0 Å². The molecular formula is C17H18Cl2N2O5. The maximum Gasteiger partial charge on any atom is 0.306 e. The number of alkyl halides is 2. The van der Waals surface area contributed by atoms with Crippen molar-refractivity contribution in [1.82, 2.24) is 10.6 Å². The van der Waals surface area contributed by atoms with Gasteiger partial charge in [-0.05, 0) is 17.0 Å². The second kappa shape index (κ2) is 9.54. The molecule has 1 aromatic carbocycles. The summed E-state index contributed by atoms with van der Waals surface area (Å²) in [6.45, 7) is 0.371. The van der Waals surface area contributed by atoms with Crippen LogP contribution in [-0.4, -0.2) is 28.5 Å². The van der Waals surface area contributed by atoms with Gasteiger partial charge in [-0.3, -0.25) is 24.5 Å². The van der Waals surface area contributed by atoms with E-state index in [0.29, 0.717) is 0 Å². The van der Waals surface area contributed by atoms with E-state index in [1.807, 2.05) is 0 Å². The molecule has 1 heterocycles. The first-order valence-corrected chi connectivity index (χ1v) is 8.82. The lowest BCUT2D eigenvalue weighted by molar-refractivity contribution is -0.147. The van der Waals surface area contributed by atoms with Crippen LogP contribution in [0.25, 0.3) is 0 Å². The van der Waals surface area contributed by atoms with Crippen LogP contribution in [-0.2, 0) is 37.1 Å². The van der Waals surface area contributed by atoms with E-state index in [-0.39, 0.29) is 50.1 Å². The lowest BCUT2D eigenvalue weighted by atomic mass is 9.94. The molecule has 0 aliphatic carbocycles. The number of esters is 1. The summed E-state index contributed by atoms with van der Waals surface area (Å²) in [7, 11) is 0. The monoisotopic (exact) mass is 400 g/mol. The number of imide groups is 1. The fourth-order valence-corrected chi connectivity index (χ4v) is 2.63. The van der Waals surface area contributed by atoms with Gasteiger partial charge in [-0.2, -0.15) is 0 Å². The fraction of sp³-hybridized carbons (Fsp3) is 0.412. The molecule has 0 atom stereocenters. The molecule has 1 fully saturated rings. The number of carbonyl (C=O) groups excluding carboxylic acids is 4. The summed E-state index contributed by atoms with van der Waals surface area (Å²) in [5, 5.41) is 4.77. The minimum absolute atomic E-state index is 0.0291. The van der Waals surface area contributed by atoms with Crippen LogP contribution in [0.5, 0.6) is 0 Å². The zero-order chi connectivity index (χ0) is 19.1. The van der Waals surface area contributed by atoms with Crippen molar-refractivity contribution in [2.45, 2.75) is 37.3 Å². The van der Waals surface area contributed by atoms with Crippen molar-refractivity contribution in [1.29, 1.82) is 0 Å². The Morgan fingerprint density at radius 1 is 1.12 bits per heavy atom. The Hall–Kier alpha value is -2.12. The van der Waals surface area contributed by atoms with E-state index in [0.717, 1.165) is 11.1 Å². The number of amides is 3. The minimum Gasteiger partial charge on any atom is -0.461 e. The first-order valence-electron chi connectivity index (χ1n) is 7.95. The standard InChI is InChI=1S/C17H18Cl2N2O5/c18-16(19)17(25)20-8-10-1-3-11(4-2-10)9-26-15(24)7-12-5-13(22)21-14(23)6-12/h1-4,12,16H,5-9H2,(H,20,25)(H,21,22,23). The van der Waals surface area contributed by atoms with Gasteiger partial charge in [0.2, 0.25) is 11.8 Å². The van der Waals surface area contributed by atoms with E-state index < -0.39 is 16.7 Å². The van der Waals surface area contributed by atoms with Gasteiger partial charge in [0.25, 0.3) is 5.91 Å². The van der Waals surface area contributed by atoms with Gasteiger partial charge < -0.3 is 10.1 Å². The number of carbonyl (C=O) groups is 4. The molecule has 3 amide bonds. The molecule has 140 valence electrons. The fourth-order valence-electron chi connectivity index (χ4n) is 2.48. The third-order valence-corrected chi connectivity index (χ3v) is 4.17. The molecule has 0 radical (unpaired) electrons. The summed E-state index contributed by atoms with van der Waals surface area (Å²) in [6, 6.07) is 7.10. The summed E-state index contributed by atoms with van der Waals surface area (Å²) in [5.41, 5.74) is 1.62. The number of rotatable bonds is 7. The number of hydrogen-bond acceptors (Lipinski definition) is 5. The van der Waals surface area contributed by atoms with Crippen LogP contribution in [0.4, 0.5) is 0 Å². The molecule has 1 aliphatic rings. The highest BCUT2D eigenvalue weighted by atomic mass is 35.5. The Balaban J connectivity index is 1.75. The van der Waals surface area contributed by atoms with E-state index in [1.165, 1.54) is 0 Å². The summed E-state index contributed by atoms with van der Waals surface area (Å²) in [4.78, 5) is 44.6. The number of nitrogens with one attached hydrogen (secondary N) is 2. The Kier molecular flexibility index (Phi) is 7.41. The molecule has 7 nitrogen and oxygen atoms in total.